The summed E-state index contributed by atoms with van der Waals surface area (Å²) in [4.78, 5) is 38.9. The molecule has 4 rings (SSSR count). The first-order valence-corrected chi connectivity index (χ1v) is 10.3. The van der Waals surface area contributed by atoms with Crippen LogP contribution in [0.15, 0.2) is 48.5 Å². The molecule has 2 aromatic rings. The van der Waals surface area contributed by atoms with Crippen molar-refractivity contribution in [2.24, 2.45) is 0 Å². The minimum Gasteiger partial charge on any atom is -0.484 e. The summed E-state index contributed by atoms with van der Waals surface area (Å²) in [5.41, 5.74) is 1.64. The zero-order chi connectivity index (χ0) is 21.6. The molecule has 1 aromatic heterocycles. The summed E-state index contributed by atoms with van der Waals surface area (Å²) in [7, 11) is 1.59. The summed E-state index contributed by atoms with van der Waals surface area (Å²) in [6, 6.07) is 5.27. The molecule has 31 heavy (non-hydrogen) atoms. The van der Waals surface area contributed by atoms with E-state index in [0.29, 0.717) is 31.0 Å². The molecule has 9 heteroatoms. The minimum absolute atomic E-state index is 0.111. The quantitative estimate of drug-likeness (QED) is 0.723. The lowest BCUT2D eigenvalue weighted by atomic mass is 9.96. The first kappa shape index (κ1) is 20.8. The fourth-order valence-corrected chi connectivity index (χ4v) is 3.71. The van der Waals surface area contributed by atoms with Crippen LogP contribution in [0.25, 0.3) is 10.9 Å². The summed E-state index contributed by atoms with van der Waals surface area (Å²) >= 11 is 0. The van der Waals surface area contributed by atoms with Crippen molar-refractivity contribution in [1.82, 2.24) is 20.6 Å². The van der Waals surface area contributed by atoms with E-state index in [1.54, 1.807) is 24.4 Å². The summed E-state index contributed by atoms with van der Waals surface area (Å²) < 4.78 is 5.67. The Bertz CT molecular complexity index is 1040. The lowest BCUT2D eigenvalue weighted by Crippen LogP contribution is -2.38. The SMILES string of the molecule is CON1c2ncnc3ccc(cc23)OCC(=O)NCCCC(=O)N/C=C2\C=CCCC21. The Kier molecular flexibility index (Phi) is 6.42. The number of carbonyl (C=O) groups excluding carboxylic acids is 2. The highest BCUT2D eigenvalue weighted by Crippen LogP contribution is 2.32. The van der Waals surface area contributed by atoms with Gasteiger partial charge in [-0.1, -0.05) is 12.2 Å². The van der Waals surface area contributed by atoms with Crippen LogP contribution in [-0.4, -0.2) is 48.1 Å². The molecule has 1 atom stereocenters. The number of amides is 2. The van der Waals surface area contributed by atoms with E-state index in [4.69, 9.17) is 9.57 Å². The van der Waals surface area contributed by atoms with Gasteiger partial charge in [-0.05, 0) is 43.0 Å². The van der Waals surface area contributed by atoms with E-state index in [1.807, 2.05) is 18.2 Å². The fourth-order valence-electron chi connectivity index (χ4n) is 3.71. The van der Waals surface area contributed by atoms with Crippen LogP contribution in [0, 0.1) is 0 Å². The normalized spacial score (nSPS) is 22.0. The number of anilines is 1. The van der Waals surface area contributed by atoms with Gasteiger partial charge < -0.3 is 15.4 Å². The van der Waals surface area contributed by atoms with Gasteiger partial charge in [0, 0.05) is 24.6 Å². The number of allylic oxidation sites excluding steroid dienone is 1. The van der Waals surface area contributed by atoms with Crippen molar-refractivity contribution < 1.29 is 19.2 Å². The third kappa shape index (κ3) is 4.83. The average molecular weight is 423 g/mol. The molecule has 2 N–H and O–H groups in total. The highest BCUT2D eigenvalue weighted by molar-refractivity contribution is 5.90. The summed E-state index contributed by atoms with van der Waals surface area (Å²) in [6.45, 7) is 0.287. The molecule has 1 unspecified atom stereocenters. The van der Waals surface area contributed by atoms with Crippen molar-refractivity contribution in [2.45, 2.75) is 31.7 Å². The predicted molar refractivity (Wildman–Crippen MR) is 115 cm³/mol. The van der Waals surface area contributed by atoms with E-state index >= 15 is 0 Å². The van der Waals surface area contributed by atoms with Crippen LogP contribution in [0.1, 0.15) is 25.7 Å². The van der Waals surface area contributed by atoms with Gasteiger partial charge in [-0.25, -0.2) is 15.0 Å². The van der Waals surface area contributed by atoms with Gasteiger partial charge in [-0.15, -0.1) is 0 Å². The van der Waals surface area contributed by atoms with E-state index in [0.717, 1.165) is 29.3 Å². The van der Waals surface area contributed by atoms with Crippen molar-refractivity contribution >= 4 is 28.5 Å². The van der Waals surface area contributed by atoms with Gasteiger partial charge in [0.15, 0.2) is 12.4 Å². The molecule has 0 spiro atoms. The van der Waals surface area contributed by atoms with E-state index in [1.165, 1.54) is 6.33 Å². The van der Waals surface area contributed by atoms with Gasteiger partial charge in [0.2, 0.25) is 5.91 Å². The van der Waals surface area contributed by atoms with Crippen LogP contribution >= 0.6 is 0 Å². The van der Waals surface area contributed by atoms with Crippen LogP contribution in [0.2, 0.25) is 0 Å². The third-order valence-corrected chi connectivity index (χ3v) is 5.25. The maximum atomic E-state index is 12.2. The lowest BCUT2D eigenvalue weighted by Gasteiger charge is -2.33. The zero-order valence-corrected chi connectivity index (χ0v) is 17.3. The largest absolute Gasteiger partial charge is 0.484 e. The van der Waals surface area contributed by atoms with E-state index in [2.05, 4.69) is 26.7 Å². The standard InChI is InChI=1S/C22H25N5O4/c1-30-27-19-6-3-2-5-15(19)12-24-20(28)7-4-10-23-21(29)13-31-16-8-9-18-17(11-16)22(27)26-14-25-18/h2,5,8-9,11-12,14,19H,3-4,6-7,10,13H2,1H3,(H,23,29)(H,24,28)/b15-12+. The molecule has 2 heterocycles. The first-order valence-electron chi connectivity index (χ1n) is 10.3. The summed E-state index contributed by atoms with van der Waals surface area (Å²) in [6.07, 6.45) is 9.80. The van der Waals surface area contributed by atoms with Gasteiger partial charge in [0.1, 0.15) is 12.1 Å². The summed E-state index contributed by atoms with van der Waals surface area (Å²) in [5, 5.41) is 8.10. The number of fused-ring (bicyclic) bond motifs is 2. The molecule has 162 valence electrons. The number of nitrogens with zero attached hydrogens (tertiary/aromatic N) is 3. The molecular weight excluding hydrogens is 398 g/mol. The molecule has 0 saturated heterocycles. The lowest BCUT2D eigenvalue weighted by molar-refractivity contribution is -0.123. The van der Waals surface area contributed by atoms with Crippen molar-refractivity contribution in [1.29, 1.82) is 0 Å². The number of hydrogen-bond acceptors (Lipinski definition) is 7. The van der Waals surface area contributed by atoms with Gasteiger partial charge in [0.05, 0.1) is 18.7 Å². The number of carbonyl (C=O) groups is 2. The average Bonchev–Trinajstić information content (AvgIpc) is 2.80. The van der Waals surface area contributed by atoms with Crippen LogP contribution < -0.4 is 20.4 Å². The van der Waals surface area contributed by atoms with Gasteiger partial charge in [-0.2, -0.15) is 0 Å². The number of benzene rings is 1. The van der Waals surface area contributed by atoms with Crippen LogP contribution in [0.5, 0.6) is 5.75 Å². The summed E-state index contributed by atoms with van der Waals surface area (Å²) in [5.74, 6) is 0.769. The second kappa shape index (κ2) is 9.57. The zero-order valence-electron chi connectivity index (χ0n) is 17.3. The Hall–Kier alpha value is -3.46. The number of hydroxylamine groups is 1. The Morgan fingerprint density at radius 2 is 2.13 bits per heavy atom. The van der Waals surface area contributed by atoms with Crippen molar-refractivity contribution in [3.63, 3.8) is 0 Å². The maximum Gasteiger partial charge on any atom is 0.257 e. The maximum absolute atomic E-state index is 12.2. The molecule has 9 nitrogen and oxygen atoms in total. The van der Waals surface area contributed by atoms with Crippen molar-refractivity contribution in [3.05, 3.63) is 48.5 Å². The Labute approximate surface area is 180 Å². The fraction of sp³-hybridized carbons (Fsp3) is 0.364. The molecule has 1 aliphatic heterocycles. The van der Waals surface area contributed by atoms with Gasteiger partial charge in [0.25, 0.3) is 5.91 Å². The van der Waals surface area contributed by atoms with E-state index < -0.39 is 0 Å². The smallest absolute Gasteiger partial charge is 0.257 e. The predicted octanol–water partition coefficient (Wildman–Crippen LogP) is 2.01. The first-order chi connectivity index (χ1) is 15.2. The Morgan fingerprint density at radius 1 is 1.23 bits per heavy atom. The van der Waals surface area contributed by atoms with Crippen LogP contribution in [0.3, 0.4) is 0 Å². The molecule has 1 aliphatic carbocycles. The number of aromatic nitrogens is 2. The highest BCUT2D eigenvalue weighted by Gasteiger charge is 2.27. The van der Waals surface area contributed by atoms with Gasteiger partial charge in [-0.3, -0.25) is 14.4 Å². The van der Waals surface area contributed by atoms with E-state index in [9.17, 15) is 9.59 Å². The number of hydrogen-bond donors (Lipinski definition) is 2. The molecule has 2 aliphatic rings. The number of rotatable bonds is 1. The molecule has 2 bridgehead atoms. The third-order valence-electron chi connectivity index (χ3n) is 5.25. The van der Waals surface area contributed by atoms with Gasteiger partial charge >= 0.3 is 0 Å². The van der Waals surface area contributed by atoms with Crippen LogP contribution in [-0.2, 0) is 14.4 Å². The Balaban J connectivity index is 1.77. The second-order valence-electron chi connectivity index (χ2n) is 7.33. The Morgan fingerprint density at radius 3 is 3.00 bits per heavy atom. The molecule has 0 radical (unpaired) electrons. The van der Waals surface area contributed by atoms with Crippen LogP contribution in [0.4, 0.5) is 5.82 Å². The number of nitrogens with one attached hydrogen (secondary N) is 2. The number of ether oxygens (including phenoxy) is 1. The van der Waals surface area contributed by atoms with E-state index in [-0.39, 0.29) is 24.5 Å². The molecule has 1 aromatic carbocycles. The molecular formula is C22H25N5O4. The molecule has 2 amide bonds. The molecule has 0 saturated carbocycles. The highest BCUT2D eigenvalue weighted by atomic mass is 16.7. The topological polar surface area (TPSA) is 106 Å². The molecule has 0 fully saturated rings. The monoisotopic (exact) mass is 423 g/mol. The van der Waals surface area contributed by atoms with Crippen molar-refractivity contribution in [3.8, 4) is 5.75 Å². The second-order valence-corrected chi connectivity index (χ2v) is 7.33. The minimum atomic E-state index is -0.244. The van der Waals surface area contributed by atoms with Crippen molar-refractivity contribution in [2.75, 3.05) is 25.3 Å².